The second-order valence-corrected chi connectivity index (χ2v) is 11.2. The Labute approximate surface area is 171 Å². The Hall–Kier alpha value is -1.08. The molecule has 0 unspecified atom stereocenters. The zero-order chi connectivity index (χ0) is 19.5. The standard InChI is InChI=1S/C27H38O/c1-18-7-9-19(10-8-18)16-20-17-24-22-12-11-21-6-4-5-14-26(21,2)23(22)13-15-27(24,3)25(20)28/h7-10,16,21-25,28H,4-6,11-15,17H2,1-3H3/b20-16-/t21-,22+,23-,24-,25+,26+,27-/m1/s1. The van der Waals surface area contributed by atoms with Crippen LogP contribution >= 0.6 is 0 Å². The maximum absolute atomic E-state index is 11.4. The summed E-state index contributed by atoms with van der Waals surface area (Å²) >= 11 is 0. The smallest absolute Gasteiger partial charge is 0.0809 e. The summed E-state index contributed by atoms with van der Waals surface area (Å²) in [4.78, 5) is 0. The van der Waals surface area contributed by atoms with Gasteiger partial charge in [0.2, 0.25) is 0 Å². The molecule has 0 heterocycles. The highest BCUT2D eigenvalue weighted by Crippen LogP contribution is 2.67. The summed E-state index contributed by atoms with van der Waals surface area (Å²) in [5.41, 5.74) is 4.52. The van der Waals surface area contributed by atoms with E-state index in [1.807, 2.05) is 0 Å². The SMILES string of the molecule is Cc1ccc(/C=C2/C[C@@H]3[C@H]4CC[C@H]5CCCC[C@]5(C)[C@@H]4CC[C@@]3(C)[C@H]2O)cc1. The highest BCUT2D eigenvalue weighted by molar-refractivity contribution is 5.56. The van der Waals surface area contributed by atoms with E-state index in [4.69, 9.17) is 0 Å². The highest BCUT2D eigenvalue weighted by atomic mass is 16.3. The van der Waals surface area contributed by atoms with E-state index in [1.54, 1.807) is 0 Å². The van der Waals surface area contributed by atoms with Crippen molar-refractivity contribution >= 4 is 6.08 Å². The largest absolute Gasteiger partial charge is 0.388 e. The molecule has 1 nitrogen and oxygen atoms in total. The zero-order valence-electron chi connectivity index (χ0n) is 18.1. The molecule has 0 bridgehead atoms. The molecule has 4 saturated carbocycles. The van der Waals surface area contributed by atoms with E-state index in [9.17, 15) is 5.11 Å². The molecule has 1 N–H and O–H groups in total. The van der Waals surface area contributed by atoms with Gasteiger partial charge in [-0.1, -0.05) is 62.6 Å². The molecule has 0 aromatic heterocycles. The molecule has 0 radical (unpaired) electrons. The summed E-state index contributed by atoms with van der Waals surface area (Å²) < 4.78 is 0. The van der Waals surface area contributed by atoms with Crippen molar-refractivity contribution in [1.82, 2.24) is 0 Å². The van der Waals surface area contributed by atoms with Gasteiger partial charge in [-0.3, -0.25) is 0 Å². The molecule has 0 aliphatic heterocycles. The van der Waals surface area contributed by atoms with Crippen molar-refractivity contribution in [1.29, 1.82) is 0 Å². The van der Waals surface area contributed by atoms with Crippen LogP contribution in [0, 0.1) is 41.4 Å². The van der Waals surface area contributed by atoms with Crippen molar-refractivity contribution in [2.75, 3.05) is 0 Å². The fourth-order valence-electron chi connectivity index (χ4n) is 8.17. The number of aryl methyl sites for hydroxylation is 1. The molecule has 0 amide bonds. The number of rotatable bonds is 1. The molecular weight excluding hydrogens is 340 g/mol. The van der Waals surface area contributed by atoms with Crippen LogP contribution in [0.3, 0.4) is 0 Å². The Kier molecular flexibility index (Phi) is 4.54. The van der Waals surface area contributed by atoms with Crippen molar-refractivity contribution in [2.45, 2.75) is 84.7 Å². The summed E-state index contributed by atoms with van der Waals surface area (Å²) in [7, 11) is 0. The third kappa shape index (κ3) is 2.76. The second kappa shape index (κ2) is 6.73. The van der Waals surface area contributed by atoms with Crippen LogP contribution in [0.2, 0.25) is 0 Å². The van der Waals surface area contributed by atoms with Gasteiger partial charge in [-0.05, 0) is 92.1 Å². The molecule has 0 saturated heterocycles. The van der Waals surface area contributed by atoms with Crippen LogP contribution in [-0.4, -0.2) is 11.2 Å². The fourth-order valence-corrected chi connectivity index (χ4v) is 8.17. The second-order valence-electron chi connectivity index (χ2n) is 11.2. The molecule has 4 aliphatic rings. The van der Waals surface area contributed by atoms with Crippen LogP contribution in [0.1, 0.15) is 82.8 Å². The minimum Gasteiger partial charge on any atom is -0.388 e. The predicted octanol–water partition coefficient (Wildman–Crippen LogP) is 6.78. The molecular formula is C27H38O. The molecule has 1 aromatic rings. The minimum absolute atomic E-state index is 0.0928. The van der Waals surface area contributed by atoms with E-state index < -0.39 is 0 Å². The number of aliphatic hydroxyl groups excluding tert-OH is 1. The topological polar surface area (TPSA) is 20.2 Å². The average Bonchev–Trinajstić information content (AvgIpc) is 2.94. The van der Waals surface area contributed by atoms with Gasteiger partial charge in [-0.15, -0.1) is 0 Å². The quantitative estimate of drug-likeness (QED) is 0.571. The van der Waals surface area contributed by atoms with E-state index in [0.717, 1.165) is 24.2 Å². The van der Waals surface area contributed by atoms with Gasteiger partial charge in [0.05, 0.1) is 6.10 Å². The lowest BCUT2D eigenvalue weighted by Gasteiger charge is -2.60. The van der Waals surface area contributed by atoms with E-state index in [-0.39, 0.29) is 11.5 Å². The maximum atomic E-state index is 11.4. The third-order valence-corrected chi connectivity index (χ3v) is 9.88. The van der Waals surface area contributed by atoms with Gasteiger partial charge in [-0.25, -0.2) is 0 Å². The fraction of sp³-hybridized carbons (Fsp3) is 0.704. The van der Waals surface area contributed by atoms with Gasteiger partial charge in [0.25, 0.3) is 0 Å². The summed E-state index contributed by atoms with van der Waals surface area (Å²) in [5, 5.41) is 11.4. The van der Waals surface area contributed by atoms with Crippen molar-refractivity contribution in [3.05, 3.63) is 41.0 Å². The first-order valence-corrected chi connectivity index (χ1v) is 11.9. The molecule has 152 valence electrons. The van der Waals surface area contributed by atoms with E-state index >= 15 is 0 Å². The molecule has 28 heavy (non-hydrogen) atoms. The highest BCUT2D eigenvalue weighted by Gasteiger charge is 2.60. The summed E-state index contributed by atoms with van der Waals surface area (Å²) in [6, 6.07) is 8.78. The van der Waals surface area contributed by atoms with Crippen molar-refractivity contribution in [3.63, 3.8) is 0 Å². The summed E-state index contributed by atoms with van der Waals surface area (Å²) in [5.74, 6) is 3.38. The Balaban J connectivity index is 1.45. The van der Waals surface area contributed by atoms with Crippen LogP contribution in [0.25, 0.3) is 6.08 Å². The first kappa shape index (κ1) is 18.9. The first-order valence-electron chi connectivity index (χ1n) is 11.9. The van der Waals surface area contributed by atoms with Crippen molar-refractivity contribution < 1.29 is 5.11 Å². The van der Waals surface area contributed by atoms with Crippen molar-refractivity contribution in [3.8, 4) is 0 Å². The van der Waals surface area contributed by atoms with Crippen LogP contribution < -0.4 is 0 Å². The number of aliphatic hydroxyl groups is 1. The van der Waals surface area contributed by atoms with E-state index in [0.29, 0.717) is 11.3 Å². The van der Waals surface area contributed by atoms with Crippen LogP contribution in [0.5, 0.6) is 0 Å². The van der Waals surface area contributed by atoms with Crippen LogP contribution in [0.15, 0.2) is 29.8 Å². The third-order valence-electron chi connectivity index (χ3n) is 9.88. The first-order chi connectivity index (χ1) is 13.4. The van der Waals surface area contributed by atoms with E-state index in [2.05, 4.69) is 51.1 Å². The number of benzene rings is 1. The Morgan fingerprint density at radius 1 is 0.893 bits per heavy atom. The molecule has 7 atom stereocenters. The van der Waals surface area contributed by atoms with Gasteiger partial charge in [0, 0.05) is 5.41 Å². The monoisotopic (exact) mass is 378 g/mol. The van der Waals surface area contributed by atoms with Crippen LogP contribution in [-0.2, 0) is 0 Å². The van der Waals surface area contributed by atoms with Crippen molar-refractivity contribution in [2.24, 2.45) is 34.5 Å². The Bertz CT molecular complexity index is 761. The number of fused-ring (bicyclic) bond motifs is 5. The lowest BCUT2D eigenvalue weighted by molar-refractivity contribution is -0.119. The van der Waals surface area contributed by atoms with Gasteiger partial charge in [0.1, 0.15) is 0 Å². The number of hydrogen-bond acceptors (Lipinski definition) is 1. The maximum Gasteiger partial charge on any atom is 0.0809 e. The number of hydrogen-bond donors (Lipinski definition) is 1. The van der Waals surface area contributed by atoms with Crippen LogP contribution in [0.4, 0.5) is 0 Å². The Morgan fingerprint density at radius 3 is 2.46 bits per heavy atom. The molecule has 1 aromatic carbocycles. The molecule has 0 spiro atoms. The molecule has 5 rings (SSSR count). The van der Waals surface area contributed by atoms with E-state index in [1.165, 1.54) is 68.1 Å². The predicted molar refractivity (Wildman–Crippen MR) is 117 cm³/mol. The summed E-state index contributed by atoms with van der Waals surface area (Å²) in [6.45, 7) is 7.19. The molecule has 4 fully saturated rings. The lowest BCUT2D eigenvalue weighted by Crippen LogP contribution is -2.53. The average molecular weight is 379 g/mol. The minimum atomic E-state index is -0.253. The normalized spacial score (nSPS) is 46.7. The molecule has 4 aliphatic carbocycles. The van der Waals surface area contributed by atoms with Gasteiger partial charge >= 0.3 is 0 Å². The van der Waals surface area contributed by atoms with Gasteiger partial charge < -0.3 is 5.11 Å². The lowest BCUT2D eigenvalue weighted by atomic mass is 9.45. The Morgan fingerprint density at radius 2 is 1.68 bits per heavy atom. The summed E-state index contributed by atoms with van der Waals surface area (Å²) in [6.07, 6.45) is 14.4. The zero-order valence-corrected chi connectivity index (χ0v) is 18.1. The van der Waals surface area contributed by atoms with Gasteiger partial charge in [-0.2, -0.15) is 0 Å². The molecule has 1 heteroatoms. The van der Waals surface area contributed by atoms with Gasteiger partial charge in [0.15, 0.2) is 0 Å².